The van der Waals surface area contributed by atoms with Crippen molar-refractivity contribution in [3.8, 4) is 5.75 Å². The van der Waals surface area contributed by atoms with Crippen LogP contribution in [0.4, 0.5) is 10.8 Å². The van der Waals surface area contributed by atoms with Crippen LogP contribution in [0.25, 0.3) is 0 Å². The Morgan fingerprint density at radius 3 is 2.91 bits per heavy atom. The standard InChI is InChI=1S/C16H18ClN3O2S/c1-22-13-8-11(18)10(17)7-9(13)15(21)20-16-19-12-5-3-2-4-6-14(12)23-16/h7-8H,2-6,18H2,1H3,(H,19,20,21). The Kier molecular flexibility index (Phi) is 4.73. The molecule has 7 heteroatoms. The topological polar surface area (TPSA) is 77.2 Å². The van der Waals surface area contributed by atoms with E-state index in [1.165, 1.54) is 30.9 Å². The number of methoxy groups -OCH3 is 1. The average Bonchev–Trinajstić information content (AvgIpc) is 2.77. The number of aromatic nitrogens is 1. The lowest BCUT2D eigenvalue weighted by Gasteiger charge is -2.10. The molecule has 5 nitrogen and oxygen atoms in total. The largest absolute Gasteiger partial charge is 0.496 e. The van der Waals surface area contributed by atoms with Crippen molar-refractivity contribution in [2.24, 2.45) is 0 Å². The number of nitrogen functional groups attached to an aromatic ring is 1. The van der Waals surface area contributed by atoms with Gasteiger partial charge in [0.15, 0.2) is 5.13 Å². The molecule has 0 aliphatic heterocycles. The van der Waals surface area contributed by atoms with Crippen molar-refractivity contribution in [3.63, 3.8) is 0 Å². The van der Waals surface area contributed by atoms with Gasteiger partial charge in [0.1, 0.15) is 5.75 Å². The van der Waals surface area contributed by atoms with Gasteiger partial charge < -0.3 is 10.5 Å². The van der Waals surface area contributed by atoms with Crippen LogP contribution >= 0.6 is 22.9 Å². The number of carbonyl (C=O) groups excluding carboxylic acids is 1. The third-order valence-electron chi connectivity index (χ3n) is 3.88. The molecule has 0 atom stereocenters. The summed E-state index contributed by atoms with van der Waals surface area (Å²) in [6.45, 7) is 0. The molecule has 0 saturated heterocycles. The number of fused-ring (bicyclic) bond motifs is 1. The average molecular weight is 352 g/mol. The summed E-state index contributed by atoms with van der Waals surface area (Å²) in [5.41, 5.74) is 7.58. The van der Waals surface area contributed by atoms with Gasteiger partial charge in [0.05, 0.1) is 29.1 Å². The second-order valence-electron chi connectivity index (χ2n) is 5.48. The lowest BCUT2D eigenvalue weighted by Crippen LogP contribution is -2.13. The van der Waals surface area contributed by atoms with Gasteiger partial charge in [0, 0.05) is 10.9 Å². The smallest absolute Gasteiger partial charge is 0.261 e. The van der Waals surface area contributed by atoms with E-state index in [9.17, 15) is 4.79 Å². The van der Waals surface area contributed by atoms with Gasteiger partial charge >= 0.3 is 0 Å². The van der Waals surface area contributed by atoms with Crippen LogP contribution in [0, 0.1) is 0 Å². The fourth-order valence-corrected chi connectivity index (χ4v) is 3.87. The number of nitrogens with one attached hydrogen (secondary N) is 1. The van der Waals surface area contributed by atoms with Crippen LogP contribution in [-0.4, -0.2) is 18.0 Å². The predicted octanol–water partition coefficient (Wildman–Crippen LogP) is 3.91. The number of benzene rings is 1. The first-order valence-corrected chi connectivity index (χ1v) is 8.71. The van der Waals surface area contributed by atoms with Gasteiger partial charge in [-0.15, -0.1) is 11.3 Å². The number of rotatable bonds is 3. The van der Waals surface area contributed by atoms with Gasteiger partial charge in [-0.25, -0.2) is 4.98 Å². The van der Waals surface area contributed by atoms with Crippen LogP contribution in [-0.2, 0) is 12.8 Å². The maximum Gasteiger partial charge on any atom is 0.261 e. The maximum atomic E-state index is 12.5. The summed E-state index contributed by atoms with van der Waals surface area (Å²) < 4.78 is 5.22. The Balaban J connectivity index is 1.83. The Bertz CT molecular complexity index is 722. The zero-order chi connectivity index (χ0) is 16.4. The first-order valence-electron chi connectivity index (χ1n) is 7.51. The van der Waals surface area contributed by atoms with E-state index in [-0.39, 0.29) is 5.91 Å². The van der Waals surface area contributed by atoms with Crippen LogP contribution in [0.2, 0.25) is 5.02 Å². The highest BCUT2D eigenvalue weighted by Gasteiger charge is 2.19. The molecule has 1 aliphatic carbocycles. The molecule has 0 fully saturated rings. The lowest BCUT2D eigenvalue weighted by molar-refractivity contribution is 0.102. The molecule has 1 amide bonds. The van der Waals surface area contributed by atoms with E-state index in [0.717, 1.165) is 25.0 Å². The molecule has 3 rings (SSSR count). The Labute approximate surface area is 143 Å². The van der Waals surface area contributed by atoms with Crippen LogP contribution in [0.5, 0.6) is 5.75 Å². The minimum Gasteiger partial charge on any atom is -0.496 e. The van der Waals surface area contributed by atoms with E-state index in [4.69, 9.17) is 22.1 Å². The fraction of sp³-hybridized carbons (Fsp3) is 0.375. The van der Waals surface area contributed by atoms with Crippen molar-refractivity contribution >= 4 is 39.7 Å². The van der Waals surface area contributed by atoms with Gasteiger partial charge in [-0.05, 0) is 31.7 Å². The number of nitrogens with zero attached hydrogens (tertiary/aromatic N) is 1. The van der Waals surface area contributed by atoms with Crippen molar-refractivity contribution in [2.45, 2.75) is 32.1 Å². The zero-order valence-corrected chi connectivity index (χ0v) is 14.4. The zero-order valence-electron chi connectivity index (χ0n) is 12.8. The van der Waals surface area contributed by atoms with Gasteiger partial charge in [0.2, 0.25) is 0 Å². The van der Waals surface area contributed by atoms with Crippen molar-refractivity contribution in [2.75, 3.05) is 18.2 Å². The van der Waals surface area contributed by atoms with Crippen LogP contribution in [0.1, 0.15) is 40.2 Å². The summed E-state index contributed by atoms with van der Waals surface area (Å²) in [5.74, 6) is 0.0928. The second-order valence-corrected chi connectivity index (χ2v) is 6.97. The molecule has 2 aromatic rings. The minimum absolute atomic E-state index is 0.298. The maximum absolute atomic E-state index is 12.5. The Morgan fingerprint density at radius 1 is 1.35 bits per heavy atom. The molecule has 1 aliphatic rings. The Morgan fingerprint density at radius 2 is 2.13 bits per heavy atom. The van der Waals surface area contributed by atoms with E-state index in [1.807, 2.05) is 0 Å². The van der Waals surface area contributed by atoms with E-state index < -0.39 is 0 Å². The number of hydrogen-bond acceptors (Lipinski definition) is 5. The van der Waals surface area contributed by atoms with Gasteiger partial charge in [-0.3, -0.25) is 10.1 Å². The molecule has 122 valence electrons. The number of nitrogens with two attached hydrogens (primary N) is 1. The summed E-state index contributed by atoms with van der Waals surface area (Å²) in [5, 5.41) is 3.79. The molecule has 23 heavy (non-hydrogen) atoms. The third kappa shape index (κ3) is 3.43. The molecule has 0 unspecified atom stereocenters. The van der Waals surface area contributed by atoms with Crippen LogP contribution in [0.3, 0.4) is 0 Å². The molecule has 0 spiro atoms. The number of hydrogen-bond donors (Lipinski definition) is 2. The summed E-state index contributed by atoms with van der Waals surface area (Å²) in [4.78, 5) is 18.4. The first kappa shape index (κ1) is 16.1. The molecule has 1 heterocycles. The molecule has 0 saturated carbocycles. The van der Waals surface area contributed by atoms with Crippen molar-refractivity contribution in [1.82, 2.24) is 4.98 Å². The van der Waals surface area contributed by atoms with Gasteiger partial charge in [0.25, 0.3) is 5.91 Å². The van der Waals surface area contributed by atoms with E-state index >= 15 is 0 Å². The van der Waals surface area contributed by atoms with Gasteiger partial charge in [-0.1, -0.05) is 18.0 Å². The molecular weight excluding hydrogens is 334 g/mol. The van der Waals surface area contributed by atoms with Crippen LogP contribution in [0.15, 0.2) is 12.1 Å². The number of amides is 1. The Hall–Kier alpha value is -1.79. The number of carbonyl (C=O) groups is 1. The number of ether oxygens (including phenoxy) is 1. The van der Waals surface area contributed by atoms with Crippen LogP contribution < -0.4 is 15.8 Å². The SMILES string of the molecule is COc1cc(N)c(Cl)cc1C(=O)Nc1nc2c(s1)CCCCC2. The van der Waals surface area contributed by atoms with Crippen molar-refractivity contribution < 1.29 is 9.53 Å². The molecule has 3 N–H and O–H groups in total. The lowest BCUT2D eigenvalue weighted by atomic mass is 10.1. The minimum atomic E-state index is -0.298. The molecule has 0 radical (unpaired) electrons. The second kappa shape index (κ2) is 6.76. The molecule has 0 bridgehead atoms. The summed E-state index contributed by atoms with van der Waals surface area (Å²) >= 11 is 7.57. The van der Waals surface area contributed by atoms with Gasteiger partial charge in [-0.2, -0.15) is 0 Å². The monoisotopic (exact) mass is 351 g/mol. The fourth-order valence-electron chi connectivity index (χ4n) is 2.66. The van der Waals surface area contributed by atoms with E-state index in [2.05, 4.69) is 10.3 Å². The first-order chi connectivity index (χ1) is 11.1. The highest BCUT2D eigenvalue weighted by molar-refractivity contribution is 7.15. The number of anilines is 2. The summed E-state index contributed by atoms with van der Waals surface area (Å²) in [6, 6.07) is 3.07. The predicted molar refractivity (Wildman–Crippen MR) is 93.7 cm³/mol. The molecular formula is C16H18ClN3O2S. The molecule has 1 aromatic carbocycles. The van der Waals surface area contributed by atoms with Crippen molar-refractivity contribution in [1.29, 1.82) is 0 Å². The number of halogens is 1. The quantitative estimate of drug-likeness (QED) is 0.649. The van der Waals surface area contributed by atoms with Crippen molar-refractivity contribution in [3.05, 3.63) is 33.3 Å². The van der Waals surface area contributed by atoms with E-state index in [0.29, 0.717) is 27.2 Å². The third-order valence-corrected chi connectivity index (χ3v) is 5.28. The summed E-state index contributed by atoms with van der Waals surface area (Å²) in [6.07, 6.45) is 5.61. The highest BCUT2D eigenvalue weighted by atomic mass is 35.5. The molecule has 1 aromatic heterocycles. The normalized spacial score (nSPS) is 14.0. The highest BCUT2D eigenvalue weighted by Crippen LogP contribution is 2.32. The number of thiazole rings is 1. The van der Waals surface area contributed by atoms with E-state index in [1.54, 1.807) is 17.4 Å². The summed E-state index contributed by atoms with van der Waals surface area (Å²) in [7, 11) is 1.49. The number of aryl methyl sites for hydroxylation is 2.